The highest BCUT2D eigenvalue weighted by Gasteiger charge is 2.29. The lowest BCUT2D eigenvalue weighted by Crippen LogP contribution is -2.34. The number of nitrogens with one attached hydrogen (secondary N) is 2. The van der Waals surface area contributed by atoms with Gasteiger partial charge in [-0.3, -0.25) is 5.10 Å². The summed E-state index contributed by atoms with van der Waals surface area (Å²) in [5, 5.41) is 9.91. The van der Waals surface area contributed by atoms with Crippen molar-refractivity contribution in [3.8, 4) is 0 Å². The van der Waals surface area contributed by atoms with Crippen LogP contribution < -0.4 is 5.32 Å². The molecule has 7 heteroatoms. The standard InChI is InChI=1S/C11H22N4O2S/c1-6-12-7-10-11(9(4)13-14-10)18(16,17)15(5)8(2)3/h8,12H,6-7H2,1-5H3,(H,13,14). The third-order valence-corrected chi connectivity index (χ3v) is 5.11. The normalized spacial score (nSPS) is 12.6. The monoisotopic (exact) mass is 274 g/mol. The molecule has 0 atom stereocenters. The average molecular weight is 274 g/mol. The van der Waals surface area contributed by atoms with Crippen LogP contribution in [0.1, 0.15) is 32.2 Å². The van der Waals surface area contributed by atoms with Crippen molar-refractivity contribution in [3.05, 3.63) is 11.4 Å². The molecule has 0 bridgehead atoms. The molecule has 18 heavy (non-hydrogen) atoms. The first kappa shape index (κ1) is 15.1. The summed E-state index contributed by atoms with van der Waals surface area (Å²) < 4.78 is 26.3. The third kappa shape index (κ3) is 2.90. The van der Waals surface area contributed by atoms with Gasteiger partial charge in [0, 0.05) is 19.6 Å². The second kappa shape index (κ2) is 5.81. The zero-order chi connectivity index (χ0) is 13.9. The first-order chi connectivity index (χ1) is 8.32. The molecule has 0 amide bonds. The highest BCUT2D eigenvalue weighted by molar-refractivity contribution is 7.89. The maximum Gasteiger partial charge on any atom is 0.246 e. The van der Waals surface area contributed by atoms with Crippen LogP contribution in [0.15, 0.2) is 4.90 Å². The third-order valence-electron chi connectivity index (χ3n) is 2.87. The van der Waals surface area contributed by atoms with E-state index in [4.69, 9.17) is 0 Å². The molecule has 104 valence electrons. The van der Waals surface area contributed by atoms with Gasteiger partial charge in [0.25, 0.3) is 0 Å². The van der Waals surface area contributed by atoms with Gasteiger partial charge in [-0.1, -0.05) is 6.92 Å². The van der Waals surface area contributed by atoms with Gasteiger partial charge in [-0.2, -0.15) is 9.40 Å². The van der Waals surface area contributed by atoms with Gasteiger partial charge in [-0.05, 0) is 27.3 Å². The molecule has 0 saturated heterocycles. The number of rotatable bonds is 6. The maximum atomic E-state index is 12.5. The summed E-state index contributed by atoms with van der Waals surface area (Å²) in [6.45, 7) is 8.60. The van der Waals surface area contributed by atoms with Crippen molar-refractivity contribution in [1.82, 2.24) is 19.8 Å². The lowest BCUT2D eigenvalue weighted by molar-refractivity contribution is 0.409. The number of H-pyrrole nitrogens is 1. The number of aromatic nitrogens is 2. The molecule has 0 radical (unpaired) electrons. The van der Waals surface area contributed by atoms with Crippen molar-refractivity contribution >= 4 is 10.0 Å². The van der Waals surface area contributed by atoms with Crippen LogP contribution in [0.5, 0.6) is 0 Å². The fourth-order valence-electron chi connectivity index (χ4n) is 1.60. The summed E-state index contributed by atoms with van der Waals surface area (Å²) in [6, 6.07) is -0.0868. The van der Waals surface area contributed by atoms with Gasteiger partial charge in [0.15, 0.2) is 0 Å². The minimum absolute atomic E-state index is 0.0868. The van der Waals surface area contributed by atoms with E-state index in [-0.39, 0.29) is 6.04 Å². The Labute approximate surface area is 109 Å². The minimum Gasteiger partial charge on any atom is -0.311 e. The Balaban J connectivity index is 3.19. The van der Waals surface area contributed by atoms with Crippen molar-refractivity contribution in [1.29, 1.82) is 0 Å². The Morgan fingerprint density at radius 2 is 2.06 bits per heavy atom. The Hall–Kier alpha value is -0.920. The smallest absolute Gasteiger partial charge is 0.246 e. The van der Waals surface area contributed by atoms with Gasteiger partial charge >= 0.3 is 0 Å². The fourth-order valence-corrected chi connectivity index (χ4v) is 3.29. The van der Waals surface area contributed by atoms with E-state index in [0.717, 1.165) is 6.54 Å². The van der Waals surface area contributed by atoms with Crippen molar-refractivity contribution < 1.29 is 8.42 Å². The Morgan fingerprint density at radius 3 is 2.56 bits per heavy atom. The molecule has 1 aromatic rings. The topological polar surface area (TPSA) is 78.1 Å². The Morgan fingerprint density at radius 1 is 1.44 bits per heavy atom. The lowest BCUT2D eigenvalue weighted by atomic mass is 10.3. The Kier molecular flexibility index (Phi) is 4.89. The molecule has 0 aliphatic heterocycles. The summed E-state index contributed by atoms with van der Waals surface area (Å²) in [7, 11) is -1.90. The SMILES string of the molecule is CCNCc1n[nH]c(C)c1S(=O)(=O)N(C)C(C)C. The molecule has 0 aromatic carbocycles. The zero-order valence-electron chi connectivity index (χ0n) is 11.6. The van der Waals surface area contributed by atoms with Crippen LogP contribution in [0.25, 0.3) is 0 Å². The highest BCUT2D eigenvalue weighted by Crippen LogP contribution is 2.22. The number of hydrogen-bond acceptors (Lipinski definition) is 4. The van der Waals surface area contributed by atoms with Crippen LogP contribution in [0.2, 0.25) is 0 Å². The zero-order valence-corrected chi connectivity index (χ0v) is 12.4. The average Bonchev–Trinajstić information content (AvgIpc) is 2.67. The van der Waals surface area contributed by atoms with E-state index in [1.54, 1.807) is 14.0 Å². The number of hydrogen-bond donors (Lipinski definition) is 2. The predicted octanol–water partition coefficient (Wildman–Crippen LogP) is 0.857. The molecule has 1 aromatic heterocycles. The molecular weight excluding hydrogens is 252 g/mol. The molecule has 6 nitrogen and oxygen atoms in total. The molecule has 0 fully saturated rings. The van der Waals surface area contributed by atoms with Crippen LogP contribution in [0.4, 0.5) is 0 Å². The summed E-state index contributed by atoms with van der Waals surface area (Å²) >= 11 is 0. The molecular formula is C11H22N4O2S. The number of nitrogens with zero attached hydrogens (tertiary/aromatic N) is 2. The van der Waals surface area contributed by atoms with Gasteiger partial charge in [0.1, 0.15) is 4.90 Å². The van der Waals surface area contributed by atoms with Crippen LogP contribution >= 0.6 is 0 Å². The summed E-state index contributed by atoms with van der Waals surface area (Å²) in [5.74, 6) is 0. The molecule has 1 rings (SSSR count). The molecule has 0 aliphatic carbocycles. The van der Waals surface area contributed by atoms with Crippen LogP contribution in [-0.4, -0.2) is 42.6 Å². The van der Waals surface area contributed by atoms with E-state index in [2.05, 4.69) is 15.5 Å². The summed E-state index contributed by atoms with van der Waals surface area (Å²) in [4.78, 5) is 0.291. The fraction of sp³-hybridized carbons (Fsp3) is 0.727. The Bertz CT molecular complexity index is 493. The first-order valence-corrected chi connectivity index (χ1v) is 7.49. The molecule has 0 saturated carbocycles. The number of sulfonamides is 1. The minimum atomic E-state index is -3.49. The molecule has 0 unspecified atom stereocenters. The second-order valence-electron chi connectivity index (χ2n) is 4.52. The van der Waals surface area contributed by atoms with Gasteiger partial charge in [0.2, 0.25) is 10.0 Å². The van der Waals surface area contributed by atoms with E-state index in [1.807, 2.05) is 20.8 Å². The van der Waals surface area contributed by atoms with Gasteiger partial charge in [-0.15, -0.1) is 0 Å². The maximum absolute atomic E-state index is 12.5. The van der Waals surface area contributed by atoms with Gasteiger partial charge in [-0.25, -0.2) is 8.42 Å². The predicted molar refractivity (Wildman–Crippen MR) is 70.8 cm³/mol. The summed E-state index contributed by atoms with van der Waals surface area (Å²) in [5.41, 5.74) is 1.12. The van der Waals surface area contributed by atoms with Crippen molar-refractivity contribution in [2.45, 2.75) is 45.2 Å². The van der Waals surface area contributed by atoms with Crippen molar-refractivity contribution in [2.75, 3.05) is 13.6 Å². The highest BCUT2D eigenvalue weighted by atomic mass is 32.2. The van der Waals surface area contributed by atoms with Crippen LogP contribution in [0, 0.1) is 6.92 Å². The van der Waals surface area contributed by atoms with E-state index in [9.17, 15) is 8.42 Å². The molecule has 1 heterocycles. The first-order valence-electron chi connectivity index (χ1n) is 6.05. The van der Waals surface area contributed by atoms with Crippen molar-refractivity contribution in [3.63, 3.8) is 0 Å². The van der Waals surface area contributed by atoms with E-state index < -0.39 is 10.0 Å². The quantitative estimate of drug-likeness (QED) is 0.806. The second-order valence-corrected chi connectivity index (χ2v) is 6.45. The van der Waals surface area contributed by atoms with E-state index in [1.165, 1.54) is 4.31 Å². The van der Waals surface area contributed by atoms with Crippen LogP contribution in [0.3, 0.4) is 0 Å². The number of aromatic amines is 1. The number of aryl methyl sites for hydroxylation is 1. The van der Waals surface area contributed by atoms with E-state index >= 15 is 0 Å². The van der Waals surface area contributed by atoms with Gasteiger partial charge in [0.05, 0.1) is 11.4 Å². The van der Waals surface area contributed by atoms with E-state index in [0.29, 0.717) is 22.8 Å². The summed E-state index contributed by atoms with van der Waals surface area (Å²) in [6.07, 6.45) is 0. The molecule has 2 N–H and O–H groups in total. The van der Waals surface area contributed by atoms with Gasteiger partial charge < -0.3 is 5.32 Å². The van der Waals surface area contributed by atoms with Crippen LogP contribution in [-0.2, 0) is 16.6 Å². The van der Waals surface area contributed by atoms with Crippen molar-refractivity contribution in [2.24, 2.45) is 0 Å². The lowest BCUT2D eigenvalue weighted by Gasteiger charge is -2.21. The molecule has 0 aliphatic rings. The molecule has 0 spiro atoms. The largest absolute Gasteiger partial charge is 0.311 e.